The minimum atomic E-state index is -1.49. The average Bonchev–Trinajstić information content (AvgIpc) is 2.15. The van der Waals surface area contributed by atoms with Crippen molar-refractivity contribution in [1.29, 1.82) is 0 Å². The minimum Gasteiger partial charge on any atom is -0.422 e. The molecule has 6 heteroatoms. The zero-order chi connectivity index (χ0) is 10.3. The molecule has 0 aromatic heterocycles. The molecule has 0 saturated heterocycles. The fraction of sp³-hybridized carbons (Fsp3) is 0.714. The van der Waals surface area contributed by atoms with Crippen LogP contribution in [0.25, 0.3) is 0 Å². The van der Waals surface area contributed by atoms with Crippen LogP contribution < -0.4 is 0 Å². The van der Waals surface area contributed by atoms with E-state index in [-0.39, 0.29) is 6.42 Å². The van der Waals surface area contributed by atoms with Crippen molar-refractivity contribution in [3.63, 3.8) is 0 Å². The van der Waals surface area contributed by atoms with Crippen molar-refractivity contribution in [2.75, 3.05) is 6.61 Å². The molecule has 0 aliphatic rings. The second-order valence-electron chi connectivity index (χ2n) is 2.16. The number of hydrogen-bond donors (Lipinski definition) is 2. The van der Waals surface area contributed by atoms with Crippen molar-refractivity contribution in [3.8, 4) is 0 Å². The third kappa shape index (κ3) is 4.44. The van der Waals surface area contributed by atoms with E-state index in [0.717, 1.165) is 6.47 Å². The van der Waals surface area contributed by atoms with Gasteiger partial charge in [0.05, 0.1) is 6.61 Å². The van der Waals surface area contributed by atoms with Gasteiger partial charge in [0.15, 0.2) is 6.10 Å². The molecule has 0 aromatic carbocycles. The van der Waals surface area contributed by atoms with Crippen molar-refractivity contribution in [1.82, 2.24) is 0 Å². The van der Waals surface area contributed by atoms with Crippen LogP contribution >= 0.6 is 0 Å². The van der Waals surface area contributed by atoms with Gasteiger partial charge in [0.25, 0.3) is 6.29 Å². The number of ether oxygens (including phenoxy) is 2. The number of carbonyl (C=O) groups excluding carboxylic acids is 2. The fourth-order valence-electron chi connectivity index (χ4n) is 0.528. The van der Waals surface area contributed by atoms with Crippen molar-refractivity contribution >= 4 is 12.4 Å². The molecule has 2 atom stereocenters. The number of aliphatic hydroxyl groups excluding tert-OH is 2. The molecule has 1 radical (unpaired) electrons. The Balaban J connectivity index is 4.07. The minimum absolute atomic E-state index is 0.0802. The summed E-state index contributed by atoms with van der Waals surface area (Å²) in [6.45, 7) is 1.87. The van der Waals surface area contributed by atoms with E-state index in [9.17, 15) is 9.59 Å². The Labute approximate surface area is 75.1 Å². The standard InChI is InChI=1S/C7H11O6/c1-2-6(11)13-7(12-4-9)5(10)3-8/h5,7-8,10H,2-3H2,1H3. The van der Waals surface area contributed by atoms with Crippen LogP contribution in [0.4, 0.5) is 0 Å². The molecule has 0 bridgehead atoms. The SMILES string of the molecule is CCC(=O)OC(O[C]=O)C(O)CO. The molecule has 2 N–H and O–H groups in total. The predicted octanol–water partition coefficient (Wildman–Crippen LogP) is -1.30. The summed E-state index contributed by atoms with van der Waals surface area (Å²) < 4.78 is 8.57. The number of rotatable bonds is 6. The predicted molar refractivity (Wildman–Crippen MR) is 40.0 cm³/mol. The van der Waals surface area contributed by atoms with Gasteiger partial charge in [-0.05, 0) is 0 Å². The quantitative estimate of drug-likeness (QED) is 0.400. The van der Waals surface area contributed by atoms with E-state index in [1.54, 1.807) is 0 Å². The number of esters is 1. The lowest BCUT2D eigenvalue weighted by Gasteiger charge is -2.18. The summed E-state index contributed by atoms with van der Waals surface area (Å²) in [5.41, 5.74) is 0. The normalized spacial score (nSPS) is 14.4. The third-order valence-electron chi connectivity index (χ3n) is 1.20. The topological polar surface area (TPSA) is 93.1 Å². The molecular formula is C7H11O6. The van der Waals surface area contributed by atoms with Crippen LogP contribution in [0.5, 0.6) is 0 Å². The summed E-state index contributed by atoms with van der Waals surface area (Å²) >= 11 is 0. The fourth-order valence-corrected chi connectivity index (χ4v) is 0.528. The smallest absolute Gasteiger partial charge is 0.420 e. The molecule has 0 heterocycles. The highest BCUT2D eigenvalue weighted by molar-refractivity contribution is 5.69. The van der Waals surface area contributed by atoms with Gasteiger partial charge in [-0.2, -0.15) is 0 Å². The monoisotopic (exact) mass is 191 g/mol. The molecule has 6 nitrogen and oxygen atoms in total. The highest BCUT2D eigenvalue weighted by Gasteiger charge is 2.23. The van der Waals surface area contributed by atoms with Gasteiger partial charge >= 0.3 is 12.4 Å². The first-order chi connectivity index (χ1) is 6.15. The molecule has 0 saturated carbocycles. The van der Waals surface area contributed by atoms with Crippen molar-refractivity contribution in [2.45, 2.75) is 25.7 Å². The van der Waals surface area contributed by atoms with Crippen LogP contribution in [0.15, 0.2) is 0 Å². The van der Waals surface area contributed by atoms with E-state index < -0.39 is 25.0 Å². The van der Waals surface area contributed by atoms with Gasteiger partial charge in [0, 0.05) is 6.42 Å². The van der Waals surface area contributed by atoms with Crippen LogP contribution in [0, 0.1) is 0 Å². The van der Waals surface area contributed by atoms with Crippen molar-refractivity contribution < 1.29 is 29.3 Å². The first-order valence-electron chi connectivity index (χ1n) is 3.66. The van der Waals surface area contributed by atoms with Gasteiger partial charge < -0.3 is 19.7 Å². The van der Waals surface area contributed by atoms with E-state index in [2.05, 4.69) is 9.47 Å². The van der Waals surface area contributed by atoms with E-state index in [4.69, 9.17) is 10.2 Å². The van der Waals surface area contributed by atoms with Crippen LogP contribution in [0.2, 0.25) is 0 Å². The Morgan fingerprint density at radius 1 is 1.62 bits per heavy atom. The van der Waals surface area contributed by atoms with Gasteiger partial charge in [0.2, 0.25) is 0 Å². The average molecular weight is 191 g/mol. The first-order valence-corrected chi connectivity index (χ1v) is 3.66. The maximum Gasteiger partial charge on any atom is 0.420 e. The summed E-state index contributed by atoms with van der Waals surface area (Å²) in [4.78, 5) is 20.5. The van der Waals surface area contributed by atoms with Gasteiger partial charge in [-0.1, -0.05) is 6.92 Å². The molecule has 0 spiro atoms. The lowest BCUT2D eigenvalue weighted by atomic mass is 10.3. The Kier molecular flexibility index (Phi) is 5.82. The van der Waals surface area contributed by atoms with Crippen molar-refractivity contribution in [2.24, 2.45) is 0 Å². The second-order valence-corrected chi connectivity index (χ2v) is 2.16. The zero-order valence-corrected chi connectivity index (χ0v) is 7.10. The lowest BCUT2D eigenvalue weighted by Crippen LogP contribution is -2.35. The Morgan fingerprint density at radius 2 is 2.23 bits per heavy atom. The van der Waals surface area contributed by atoms with E-state index in [1.165, 1.54) is 6.92 Å². The maximum absolute atomic E-state index is 10.7. The summed E-state index contributed by atoms with van der Waals surface area (Å²) in [6.07, 6.45) is -2.86. The van der Waals surface area contributed by atoms with Gasteiger partial charge in [0.1, 0.15) is 0 Å². The lowest BCUT2D eigenvalue weighted by molar-refractivity contribution is -0.186. The Hall–Kier alpha value is -1.14. The Bertz CT molecular complexity index is 168. The van der Waals surface area contributed by atoms with Crippen LogP contribution in [0.1, 0.15) is 13.3 Å². The highest BCUT2D eigenvalue weighted by Crippen LogP contribution is 2.02. The van der Waals surface area contributed by atoms with Gasteiger partial charge in [-0.3, -0.25) is 4.79 Å². The highest BCUT2D eigenvalue weighted by atomic mass is 16.7. The molecular weight excluding hydrogens is 180 g/mol. The summed E-state index contributed by atoms with van der Waals surface area (Å²) in [5, 5.41) is 17.4. The molecule has 2 unspecified atom stereocenters. The molecule has 0 aromatic rings. The van der Waals surface area contributed by atoms with Crippen LogP contribution in [-0.4, -0.2) is 41.7 Å². The number of carbonyl (C=O) groups is 1. The summed E-state index contributed by atoms with van der Waals surface area (Å²) in [6, 6.07) is 0. The van der Waals surface area contributed by atoms with Crippen molar-refractivity contribution in [3.05, 3.63) is 0 Å². The molecule has 0 rings (SSSR count). The van der Waals surface area contributed by atoms with E-state index >= 15 is 0 Å². The molecule has 75 valence electrons. The van der Waals surface area contributed by atoms with Gasteiger partial charge in [-0.25, -0.2) is 4.79 Å². The second kappa shape index (κ2) is 6.38. The molecule has 13 heavy (non-hydrogen) atoms. The molecule has 0 amide bonds. The molecule has 0 fully saturated rings. The largest absolute Gasteiger partial charge is 0.422 e. The van der Waals surface area contributed by atoms with Crippen LogP contribution in [-0.2, 0) is 19.1 Å². The molecule has 0 aliphatic heterocycles. The Morgan fingerprint density at radius 3 is 2.62 bits per heavy atom. The summed E-state index contributed by atoms with van der Waals surface area (Å²) in [7, 11) is 0. The first kappa shape index (κ1) is 11.9. The molecule has 0 aliphatic carbocycles. The zero-order valence-electron chi connectivity index (χ0n) is 7.10. The van der Waals surface area contributed by atoms with E-state index in [1.807, 2.05) is 0 Å². The summed E-state index contributed by atoms with van der Waals surface area (Å²) in [5.74, 6) is -0.646. The van der Waals surface area contributed by atoms with E-state index in [0.29, 0.717) is 0 Å². The number of aliphatic hydroxyl groups is 2. The number of hydrogen-bond acceptors (Lipinski definition) is 6. The maximum atomic E-state index is 10.7. The third-order valence-corrected chi connectivity index (χ3v) is 1.20. The van der Waals surface area contributed by atoms with Crippen LogP contribution in [0.3, 0.4) is 0 Å². The van der Waals surface area contributed by atoms with Gasteiger partial charge in [-0.15, -0.1) is 0 Å².